The molecule has 5 aromatic rings. The fraction of sp³-hybridized carbons (Fsp3) is 0.489. The Morgan fingerprint density at radius 2 is 1.68 bits per heavy atom. The quantitative estimate of drug-likeness (QED) is 0.150. The fourth-order valence-corrected chi connectivity index (χ4v) is 9.35. The van der Waals surface area contributed by atoms with Gasteiger partial charge in [-0.25, -0.2) is 13.2 Å². The molecule has 0 bridgehead atoms. The number of alkyl halides is 1. The highest BCUT2D eigenvalue weighted by atomic mass is 19.1. The van der Waals surface area contributed by atoms with Gasteiger partial charge in [0.1, 0.15) is 23.1 Å². The Balaban J connectivity index is 0.857. The average molecular weight is 783 g/mol. The van der Waals surface area contributed by atoms with Crippen LogP contribution in [0.5, 0.6) is 5.75 Å². The maximum atomic E-state index is 16.2. The summed E-state index contributed by atoms with van der Waals surface area (Å²) in [5.41, 5.74) is 4.10. The van der Waals surface area contributed by atoms with E-state index < -0.39 is 23.3 Å². The molecule has 1 saturated heterocycles. The molecule has 3 aromatic heterocycles. The standard InChI is InChI=1S/C45H53F3N6O3/c1-5-30-20-38-39(51-43(30)55)19-29(23-49-38)24-52-14-16-53(17-15-52)44(56)31-12-10-28(11-13-31)25-57-32-21-35(46)40(36(47)22-32)42-41-34(33-8-6-7-9-37(33)50-41)18-27(2)54(42)26-45(3,4)48/h6-9,19-23,27-28,31,42,50H,5,10-18,24-26H2,1-4H3,(H,51,55)/t27-,28?,31?,42-/m1/s1. The van der Waals surface area contributed by atoms with Gasteiger partial charge in [-0.15, -0.1) is 0 Å². The molecule has 302 valence electrons. The second-order valence-electron chi connectivity index (χ2n) is 17.1. The number of H-pyrrole nitrogens is 2. The molecule has 3 aliphatic rings. The lowest BCUT2D eigenvalue weighted by atomic mass is 9.81. The number of hydrogen-bond acceptors (Lipinski definition) is 6. The zero-order chi connectivity index (χ0) is 40.0. The van der Waals surface area contributed by atoms with Gasteiger partial charge in [0.25, 0.3) is 5.56 Å². The molecule has 0 radical (unpaired) electrons. The molecule has 9 nitrogen and oxygen atoms in total. The molecule has 1 saturated carbocycles. The highest BCUT2D eigenvalue weighted by Gasteiger charge is 2.41. The van der Waals surface area contributed by atoms with Crippen LogP contribution in [0.1, 0.15) is 87.4 Å². The van der Waals surface area contributed by atoms with Crippen molar-refractivity contribution in [2.45, 2.75) is 90.5 Å². The number of fused-ring (bicyclic) bond motifs is 4. The summed E-state index contributed by atoms with van der Waals surface area (Å²) in [5, 5.41) is 1.01. The summed E-state index contributed by atoms with van der Waals surface area (Å²) < 4.78 is 53.5. The number of amides is 1. The third-order valence-corrected chi connectivity index (χ3v) is 12.4. The lowest BCUT2D eigenvalue weighted by Gasteiger charge is -2.43. The van der Waals surface area contributed by atoms with Gasteiger partial charge in [0, 0.05) is 97.3 Å². The normalized spacial score (nSPS) is 22.3. The van der Waals surface area contributed by atoms with Gasteiger partial charge in [0.05, 0.1) is 23.7 Å². The monoisotopic (exact) mass is 782 g/mol. The molecule has 1 amide bonds. The lowest BCUT2D eigenvalue weighted by molar-refractivity contribution is -0.138. The van der Waals surface area contributed by atoms with E-state index in [1.165, 1.54) is 26.0 Å². The number of pyridine rings is 2. The first kappa shape index (κ1) is 39.2. The van der Waals surface area contributed by atoms with Crippen molar-refractivity contribution in [3.8, 4) is 5.75 Å². The van der Waals surface area contributed by atoms with Crippen LogP contribution < -0.4 is 10.3 Å². The van der Waals surface area contributed by atoms with Crippen molar-refractivity contribution in [1.82, 2.24) is 29.7 Å². The van der Waals surface area contributed by atoms with Crippen molar-refractivity contribution in [3.63, 3.8) is 0 Å². The zero-order valence-corrected chi connectivity index (χ0v) is 33.3. The largest absolute Gasteiger partial charge is 0.493 e. The van der Waals surface area contributed by atoms with Gasteiger partial charge in [-0.2, -0.15) is 0 Å². The van der Waals surface area contributed by atoms with Crippen LogP contribution in [0.2, 0.25) is 0 Å². The summed E-state index contributed by atoms with van der Waals surface area (Å²) in [6.07, 6.45) is 6.26. The topological polar surface area (TPSA) is 97.6 Å². The van der Waals surface area contributed by atoms with Crippen molar-refractivity contribution < 1.29 is 22.7 Å². The molecule has 2 aromatic carbocycles. The van der Waals surface area contributed by atoms with Gasteiger partial charge in [0.2, 0.25) is 5.91 Å². The molecule has 12 heteroatoms. The van der Waals surface area contributed by atoms with Crippen molar-refractivity contribution in [3.05, 3.63) is 105 Å². The van der Waals surface area contributed by atoms with Crippen molar-refractivity contribution >= 4 is 27.8 Å². The predicted molar refractivity (Wildman–Crippen MR) is 216 cm³/mol. The number of nitrogens with zero attached hydrogens (tertiary/aromatic N) is 4. The number of aromatic nitrogens is 3. The summed E-state index contributed by atoms with van der Waals surface area (Å²) in [7, 11) is 0. The molecule has 2 N–H and O–H groups in total. The van der Waals surface area contributed by atoms with E-state index in [0.717, 1.165) is 77.4 Å². The van der Waals surface area contributed by atoms with E-state index in [2.05, 4.69) is 19.9 Å². The lowest BCUT2D eigenvalue weighted by Crippen LogP contribution is -2.50. The smallest absolute Gasteiger partial charge is 0.251 e. The number of benzene rings is 2. The molecule has 2 atom stereocenters. The van der Waals surface area contributed by atoms with Crippen LogP contribution in [0.4, 0.5) is 13.2 Å². The van der Waals surface area contributed by atoms with Crippen molar-refractivity contribution in [2.24, 2.45) is 11.8 Å². The number of hydrogen-bond donors (Lipinski definition) is 2. The fourth-order valence-electron chi connectivity index (χ4n) is 9.35. The first-order valence-corrected chi connectivity index (χ1v) is 20.5. The van der Waals surface area contributed by atoms with E-state index in [9.17, 15) is 9.59 Å². The molecule has 1 aliphatic carbocycles. The van der Waals surface area contributed by atoms with Gasteiger partial charge in [-0.1, -0.05) is 25.1 Å². The summed E-state index contributed by atoms with van der Waals surface area (Å²) in [6, 6.07) is 13.2. The second kappa shape index (κ2) is 15.9. The van der Waals surface area contributed by atoms with E-state index in [4.69, 9.17) is 4.74 Å². The van der Waals surface area contributed by atoms with E-state index >= 15 is 13.2 Å². The number of carbonyl (C=O) groups is 1. The van der Waals surface area contributed by atoms with Crippen LogP contribution in [0.25, 0.3) is 21.9 Å². The van der Waals surface area contributed by atoms with Gasteiger partial charge in [-0.3, -0.25) is 24.4 Å². The zero-order valence-electron chi connectivity index (χ0n) is 33.3. The van der Waals surface area contributed by atoms with E-state index in [0.29, 0.717) is 44.8 Å². The Morgan fingerprint density at radius 3 is 2.39 bits per heavy atom. The number of nitrogens with one attached hydrogen (secondary N) is 2. The Labute approximate surface area is 331 Å². The van der Waals surface area contributed by atoms with E-state index in [-0.39, 0.29) is 47.2 Å². The Morgan fingerprint density at radius 1 is 0.965 bits per heavy atom. The Kier molecular flexibility index (Phi) is 10.9. The summed E-state index contributed by atoms with van der Waals surface area (Å²) in [4.78, 5) is 43.0. The molecule has 57 heavy (non-hydrogen) atoms. The maximum absolute atomic E-state index is 16.2. The minimum atomic E-state index is -1.58. The Bertz CT molecular complexity index is 2300. The van der Waals surface area contributed by atoms with Crippen LogP contribution in [0.3, 0.4) is 0 Å². The molecular weight excluding hydrogens is 730 g/mol. The molecular formula is C45H53F3N6O3. The average Bonchev–Trinajstić information content (AvgIpc) is 3.55. The van der Waals surface area contributed by atoms with Crippen LogP contribution in [0.15, 0.2) is 59.5 Å². The van der Waals surface area contributed by atoms with Crippen molar-refractivity contribution in [1.29, 1.82) is 0 Å². The molecule has 0 spiro atoms. The van der Waals surface area contributed by atoms with Crippen LogP contribution in [0, 0.1) is 23.5 Å². The number of carbonyl (C=O) groups excluding carboxylic acids is 1. The van der Waals surface area contributed by atoms with E-state index in [1.54, 1.807) is 0 Å². The third-order valence-electron chi connectivity index (χ3n) is 12.4. The van der Waals surface area contributed by atoms with Crippen LogP contribution >= 0.6 is 0 Å². The first-order valence-electron chi connectivity index (χ1n) is 20.5. The molecule has 8 rings (SSSR count). The highest BCUT2D eigenvalue weighted by molar-refractivity contribution is 5.85. The number of rotatable bonds is 10. The minimum Gasteiger partial charge on any atom is -0.493 e. The number of aryl methyl sites for hydroxylation is 1. The van der Waals surface area contributed by atoms with Gasteiger partial charge < -0.3 is 19.6 Å². The van der Waals surface area contributed by atoms with E-state index in [1.807, 2.05) is 66.2 Å². The predicted octanol–water partition coefficient (Wildman–Crippen LogP) is 7.86. The van der Waals surface area contributed by atoms with Gasteiger partial charge in [0.15, 0.2) is 0 Å². The molecule has 2 aliphatic heterocycles. The Hall–Kier alpha value is -4.68. The van der Waals surface area contributed by atoms with Crippen molar-refractivity contribution in [2.75, 3.05) is 39.3 Å². The molecule has 0 unspecified atom stereocenters. The molecule has 5 heterocycles. The number of aromatic amines is 2. The summed E-state index contributed by atoms with van der Waals surface area (Å²) in [6.45, 7) is 10.8. The van der Waals surface area contributed by atoms with Crippen LogP contribution in [-0.2, 0) is 24.2 Å². The summed E-state index contributed by atoms with van der Waals surface area (Å²) in [5.74, 6) is -0.986. The number of para-hydroxylation sites is 1. The van der Waals surface area contributed by atoms with Crippen LogP contribution in [-0.4, -0.2) is 86.6 Å². The highest BCUT2D eigenvalue weighted by Crippen LogP contribution is 2.44. The van der Waals surface area contributed by atoms with Gasteiger partial charge in [-0.05, 0) is 94.5 Å². The summed E-state index contributed by atoms with van der Waals surface area (Å²) >= 11 is 0. The first-order chi connectivity index (χ1) is 27.3. The minimum absolute atomic E-state index is 0.0146. The number of piperazine rings is 1. The SMILES string of the molecule is CCc1cc2ncc(CN3CCN(C(=O)C4CCC(COc5cc(F)c([C@@H]6c7[nH]c8ccccc8c7C[C@@H](C)N6CC(C)(C)F)c(F)c5)CC4)CC3)cc2[nH]c1=O. The number of ether oxygens (including phenoxy) is 1. The maximum Gasteiger partial charge on any atom is 0.251 e. The third kappa shape index (κ3) is 8.21. The molecule has 2 fully saturated rings. The number of halogens is 3. The van der Waals surface area contributed by atoms with Gasteiger partial charge >= 0.3 is 0 Å². The second-order valence-corrected chi connectivity index (χ2v) is 17.1.